The molecular weight excluding hydrogens is 254 g/mol. The first-order chi connectivity index (χ1) is 8.16. The van der Waals surface area contributed by atoms with Crippen molar-refractivity contribution in [2.45, 2.75) is 25.9 Å². The maximum Gasteiger partial charge on any atom is 0.202 e. The lowest BCUT2D eigenvalue weighted by Crippen LogP contribution is -2.11. The largest absolute Gasteiger partial charge is 0.387 e. The van der Waals surface area contributed by atoms with Gasteiger partial charge in [0.2, 0.25) is 5.13 Å². The van der Waals surface area contributed by atoms with E-state index < -0.39 is 6.10 Å². The predicted octanol–water partition coefficient (Wildman–Crippen LogP) is 2.87. The van der Waals surface area contributed by atoms with E-state index in [0.717, 1.165) is 16.5 Å². The smallest absolute Gasteiger partial charge is 0.202 e. The molecule has 0 aliphatic rings. The Balaban J connectivity index is 1.89. The summed E-state index contributed by atoms with van der Waals surface area (Å²) in [5.41, 5.74) is 0.941. The Bertz CT molecular complexity index is 453. The van der Waals surface area contributed by atoms with Crippen molar-refractivity contribution in [3.8, 4) is 0 Å². The Morgan fingerprint density at radius 1 is 1.47 bits per heavy atom. The number of anilines is 1. The van der Waals surface area contributed by atoms with Crippen LogP contribution in [0.25, 0.3) is 0 Å². The monoisotopic (exact) mass is 269 g/mol. The van der Waals surface area contributed by atoms with Gasteiger partial charge < -0.3 is 10.4 Å². The molecule has 0 amide bonds. The van der Waals surface area contributed by atoms with Crippen molar-refractivity contribution in [1.82, 2.24) is 9.36 Å². The van der Waals surface area contributed by atoms with Crippen LogP contribution in [0.5, 0.6) is 0 Å². The van der Waals surface area contributed by atoms with Crippen LogP contribution in [-0.4, -0.2) is 21.0 Å². The first-order valence-corrected chi connectivity index (χ1v) is 7.16. The van der Waals surface area contributed by atoms with Gasteiger partial charge in [-0.2, -0.15) is 15.7 Å². The van der Waals surface area contributed by atoms with Gasteiger partial charge in [-0.3, -0.25) is 0 Å². The molecule has 2 aromatic heterocycles. The van der Waals surface area contributed by atoms with Crippen molar-refractivity contribution in [1.29, 1.82) is 0 Å². The summed E-state index contributed by atoms with van der Waals surface area (Å²) in [5, 5.41) is 17.7. The number of hydrogen-bond acceptors (Lipinski definition) is 6. The molecule has 1 unspecified atom stereocenters. The highest BCUT2D eigenvalue weighted by atomic mass is 32.1. The second kappa shape index (κ2) is 5.57. The first kappa shape index (κ1) is 12.5. The molecule has 0 radical (unpaired) electrons. The lowest BCUT2D eigenvalue weighted by Gasteiger charge is -2.08. The van der Waals surface area contributed by atoms with Crippen molar-refractivity contribution in [2.75, 3.05) is 11.9 Å². The second-order valence-corrected chi connectivity index (χ2v) is 5.60. The number of hydrogen-bond donors (Lipinski definition) is 2. The van der Waals surface area contributed by atoms with Crippen LogP contribution in [0.4, 0.5) is 5.13 Å². The molecule has 2 heterocycles. The molecule has 6 heteroatoms. The van der Waals surface area contributed by atoms with Crippen LogP contribution in [0.2, 0.25) is 0 Å². The van der Waals surface area contributed by atoms with Crippen LogP contribution in [-0.2, 0) is 0 Å². The maximum absolute atomic E-state index is 9.89. The Hall–Kier alpha value is -0.980. The van der Waals surface area contributed by atoms with Crippen LogP contribution in [0.1, 0.15) is 37.3 Å². The van der Waals surface area contributed by atoms with Gasteiger partial charge in [0.05, 0.1) is 6.10 Å². The van der Waals surface area contributed by atoms with E-state index in [2.05, 4.69) is 28.5 Å². The second-order valence-electron chi connectivity index (χ2n) is 4.07. The van der Waals surface area contributed by atoms with Gasteiger partial charge in [0.15, 0.2) is 0 Å². The van der Waals surface area contributed by atoms with Crippen molar-refractivity contribution in [3.63, 3.8) is 0 Å². The fourth-order valence-electron chi connectivity index (χ4n) is 1.31. The zero-order chi connectivity index (χ0) is 12.3. The van der Waals surface area contributed by atoms with Crippen molar-refractivity contribution in [2.24, 2.45) is 0 Å². The zero-order valence-corrected chi connectivity index (χ0v) is 11.4. The van der Waals surface area contributed by atoms with Crippen LogP contribution in [0, 0.1) is 0 Å². The van der Waals surface area contributed by atoms with Gasteiger partial charge >= 0.3 is 0 Å². The number of rotatable bonds is 5. The lowest BCUT2D eigenvalue weighted by molar-refractivity contribution is 0.192. The molecule has 0 aliphatic carbocycles. The van der Waals surface area contributed by atoms with Crippen molar-refractivity contribution in [3.05, 3.63) is 28.2 Å². The summed E-state index contributed by atoms with van der Waals surface area (Å²) in [7, 11) is 0. The van der Waals surface area contributed by atoms with Crippen LogP contribution in [0.15, 0.2) is 16.8 Å². The minimum absolute atomic E-state index is 0.337. The van der Waals surface area contributed by atoms with Gasteiger partial charge in [-0.25, -0.2) is 4.98 Å². The van der Waals surface area contributed by atoms with E-state index in [9.17, 15) is 5.11 Å². The van der Waals surface area contributed by atoms with E-state index in [0.29, 0.717) is 12.5 Å². The molecule has 0 spiro atoms. The van der Waals surface area contributed by atoms with Gasteiger partial charge in [-0.05, 0) is 22.4 Å². The molecule has 0 aliphatic heterocycles. The third kappa shape index (κ3) is 3.24. The van der Waals surface area contributed by atoms with E-state index in [1.54, 1.807) is 11.3 Å². The van der Waals surface area contributed by atoms with E-state index in [-0.39, 0.29) is 0 Å². The minimum atomic E-state index is -0.493. The highest BCUT2D eigenvalue weighted by Crippen LogP contribution is 2.20. The number of nitrogens with zero attached hydrogens (tertiary/aromatic N) is 2. The van der Waals surface area contributed by atoms with Crippen LogP contribution >= 0.6 is 22.9 Å². The number of aliphatic hydroxyl groups is 1. The van der Waals surface area contributed by atoms with Crippen LogP contribution in [0.3, 0.4) is 0 Å². The van der Waals surface area contributed by atoms with Gasteiger partial charge in [-0.15, -0.1) is 0 Å². The molecule has 0 bridgehead atoms. The third-order valence-corrected chi connectivity index (χ3v) is 3.72. The summed E-state index contributed by atoms with van der Waals surface area (Å²) in [6, 6.07) is 1.93. The van der Waals surface area contributed by atoms with Crippen LogP contribution < -0.4 is 5.32 Å². The predicted molar refractivity (Wildman–Crippen MR) is 71.8 cm³/mol. The lowest BCUT2D eigenvalue weighted by atomic mass is 10.2. The molecule has 0 saturated carbocycles. The highest BCUT2D eigenvalue weighted by Gasteiger charge is 2.10. The molecule has 2 aromatic rings. The molecule has 0 aromatic carbocycles. The number of aromatic nitrogens is 2. The van der Waals surface area contributed by atoms with Crippen molar-refractivity contribution < 1.29 is 5.11 Å². The molecule has 0 saturated heterocycles. The Morgan fingerprint density at radius 2 is 2.29 bits per heavy atom. The van der Waals surface area contributed by atoms with E-state index in [1.807, 2.05) is 16.8 Å². The average molecular weight is 269 g/mol. The topological polar surface area (TPSA) is 58.0 Å². The molecule has 2 N–H and O–H groups in total. The molecule has 17 heavy (non-hydrogen) atoms. The third-order valence-electron chi connectivity index (χ3n) is 2.33. The molecular formula is C11H15N3OS2. The fraction of sp³-hybridized carbons (Fsp3) is 0.455. The summed E-state index contributed by atoms with van der Waals surface area (Å²) < 4.78 is 4.24. The summed E-state index contributed by atoms with van der Waals surface area (Å²) >= 11 is 2.92. The number of nitrogens with one attached hydrogen (secondary N) is 1. The number of aliphatic hydroxyl groups excluding tert-OH is 1. The van der Waals surface area contributed by atoms with E-state index >= 15 is 0 Å². The first-order valence-electron chi connectivity index (χ1n) is 5.44. The van der Waals surface area contributed by atoms with Gasteiger partial charge in [0.25, 0.3) is 0 Å². The highest BCUT2D eigenvalue weighted by molar-refractivity contribution is 7.09. The SMILES string of the molecule is CC(C)c1nsc(NCC(O)c2ccsc2)n1. The van der Waals surface area contributed by atoms with Crippen molar-refractivity contribution >= 4 is 28.0 Å². The van der Waals surface area contributed by atoms with E-state index in [4.69, 9.17) is 0 Å². The summed E-state index contributed by atoms with van der Waals surface area (Å²) in [5.74, 6) is 1.19. The van der Waals surface area contributed by atoms with Gasteiger partial charge in [-0.1, -0.05) is 13.8 Å². The standard InChI is InChI=1S/C11H15N3OS2/c1-7(2)10-13-11(17-14-10)12-5-9(15)8-3-4-16-6-8/h3-4,6-7,9,15H,5H2,1-2H3,(H,12,13,14). The fourth-order valence-corrected chi connectivity index (χ4v) is 2.73. The van der Waals surface area contributed by atoms with E-state index in [1.165, 1.54) is 11.5 Å². The molecule has 1 atom stereocenters. The van der Waals surface area contributed by atoms with Gasteiger partial charge in [0.1, 0.15) is 5.82 Å². The maximum atomic E-state index is 9.89. The molecule has 4 nitrogen and oxygen atoms in total. The summed E-state index contributed by atoms with van der Waals surface area (Å²) in [6.07, 6.45) is -0.493. The Labute approximate surface area is 109 Å². The van der Waals surface area contributed by atoms with Gasteiger partial charge in [0, 0.05) is 24.0 Å². The summed E-state index contributed by atoms with van der Waals surface area (Å²) in [4.78, 5) is 4.35. The number of thiophene rings is 1. The summed E-state index contributed by atoms with van der Waals surface area (Å²) in [6.45, 7) is 4.58. The molecule has 2 rings (SSSR count). The quantitative estimate of drug-likeness (QED) is 0.876. The normalized spacial score (nSPS) is 12.9. The average Bonchev–Trinajstić information content (AvgIpc) is 2.97. The minimum Gasteiger partial charge on any atom is -0.387 e. The Kier molecular flexibility index (Phi) is 4.09. The molecule has 92 valence electrons. The molecule has 0 fully saturated rings. The zero-order valence-electron chi connectivity index (χ0n) is 9.75. The Morgan fingerprint density at radius 3 is 2.88 bits per heavy atom.